The molecule has 220 valence electrons. The lowest BCUT2D eigenvalue weighted by atomic mass is 9.99. The van der Waals surface area contributed by atoms with E-state index in [1.807, 2.05) is 44.2 Å². The largest absolute Gasteiger partial charge is 0.474 e. The number of aliphatic hydroxyl groups is 1. The van der Waals surface area contributed by atoms with Crippen molar-refractivity contribution in [3.63, 3.8) is 0 Å². The van der Waals surface area contributed by atoms with Gasteiger partial charge in [0.25, 0.3) is 5.91 Å². The molecule has 13 heteroatoms. The second-order valence-electron chi connectivity index (χ2n) is 10.4. The number of amides is 4. The van der Waals surface area contributed by atoms with Crippen LogP contribution in [0.2, 0.25) is 0 Å². The van der Waals surface area contributed by atoms with Gasteiger partial charge in [-0.3, -0.25) is 19.2 Å². The first-order valence-electron chi connectivity index (χ1n) is 13.7. The maximum Gasteiger partial charge on any atom is 0.271 e. The topological polar surface area (TPSA) is 171 Å². The highest BCUT2D eigenvalue weighted by Gasteiger charge is 2.39. The van der Waals surface area contributed by atoms with Gasteiger partial charge in [0.15, 0.2) is 6.04 Å². The third-order valence-electron chi connectivity index (χ3n) is 7.21. The first kappa shape index (κ1) is 30.1. The lowest BCUT2D eigenvalue weighted by Gasteiger charge is -2.25. The van der Waals surface area contributed by atoms with Crippen LogP contribution in [0, 0.1) is 5.92 Å². The summed E-state index contributed by atoms with van der Waals surface area (Å²) in [6.45, 7) is 6.65. The van der Waals surface area contributed by atoms with Crippen molar-refractivity contribution in [1.82, 2.24) is 26.3 Å². The van der Waals surface area contributed by atoms with Gasteiger partial charge < -0.3 is 31.1 Å². The molecular formula is C28H36N6O6S. The summed E-state index contributed by atoms with van der Waals surface area (Å²) in [6, 6.07) is 5.90. The number of rotatable bonds is 5. The van der Waals surface area contributed by atoms with Gasteiger partial charge in [0.2, 0.25) is 23.6 Å². The van der Waals surface area contributed by atoms with Gasteiger partial charge in [0.1, 0.15) is 28.9 Å². The Labute approximate surface area is 242 Å². The van der Waals surface area contributed by atoms with Crippen molar-refractivity contribution in [2.24, 2.45) is 10.9 Å². The van der Waals surface area contributed by atoms with E-state index in [1.165, 1.54) is 18.3 Å². The average Bonchev–Trinajstić information content (AvgIpc) is 3.59. The van der Waals surface area contributed by atoms with E-state index in [2.05, 4.69) is 31.2 Å². The number of hydrogen-bond acceptors (Lipinski definition) is 9. The van der Waals surface area contributed by atoms with Crippen molar-refractivity contribution in [3.05, 3.63) is 52.0 Å². The first-order valence-corrected chi connectivity index (χ1v) is 14.5. The Bertz CT molecular complexity index is 1300. The Kier molecular flexibility index (Phi) is 9.71. The number of aromatic nitrogens is 1. The Morgan fingerprint density at radius 1 is 1.05 bits per heavy atom. The van der Waals surface area contributed by atoms with Crippen LogP contribution in [0.1, 0.15) is 61.2 Å². The van der Waals surface area contributed by atoms with E-state index in [1.54, 1.807) is 12.3 Å². The third-order valence-corrected chi connectivity index (χ3v) is 8.13. The van der Waals surface area contributed by atoms with Gasteiger partial charge in [0.05, 0.1) is 18.7 Å². The highest BCUT2D eigenvalue weighted by Crippen LogP contribution is 2.28. The maximum absolute atomic E-state index is 13.5. The van der Waals surface area contributed by atoms with Crippen LogP contribution in [-0.4, -0.2) is 76.5 Å². The molecule has 7 unspecified atom stereocenters. The summed E-state index contributed by atoms with van der Waals surface area (Å²) in [6.07, 6.45) is -0.835. The van der Waals surface area contributed by atoms with Crippen molar-refractivity contribution in [3.8, 4) is 0 Å². The van der Waals surface area contributed by atoms with Crippen molar-refractivity contribution >= 4 is 40.9 Å². The highest BCUT2D eigenvalue weighted by molar-refractivity contribution is 7.09. The van der Waals surface area contributed by atoms with E-state index in [4.69, 9.17) is 4.74 Å². The zero-order chi connectivity index (χ0) is 29.7. The highest BCUT2D eigenvalue weighted by atomic mass is 32.1. The molecule has 1 aromatic carbocycles. The molecule has 0 spiro atoms. The molecule has 4 bridgehead atoms. The summed E-state index contributed by atoms with van der Waals surface area (Å²) in [5.41, 5.74) is 0.983. The predicted octanol–water partition coefficient (Wildman–Crippen LogP) is 0.869. The number of ether oxygens (including phenoxy) is 1. The number of carbonyl (C=O) groups excluding carboxylic acids is 4. The molecule has 4 amide bonds. The Morgan fingerprint density at radius 3 is 2.46 bits per heavy atom. The minimum Gasteiger partial charge on any atom is -0.474 e. The van der Waals surface area contributed by atoms with Gasteiger partial charge in [-0.1, -0.05) is 50.6 Å². The number of thiazole rings is 1. The monoisotopic (exact) mass is 584 g/mol. The molecule has 3 heterocycles. The van der Waals surface area contributed by atoms with E-state index < -0.39 is 60.6 Å². The molecule has 0 fully saturated rings. The summed E-state index contributed by atoms with van der Waals surface area (Å²) in [4.78, 5) is 61.3. The summed E-state index contributed by atoms with van der Waals surface area (Å²) in [5, 5.41) is 23.3. The fourth-order valence-electron chi connectivity index (χ4n) is 4.62. The number of fused-ring (bicyclic) bond motifs is 3. The van der Waals surface area contributed by atoms with Gasteiger partial charge in [-0.2, -0.15) is 0 Å². The Hall–Kier alpha value is -3.84. The Balaban J connectivity index is 1.72. The summed E-state index contributed by atoms with van der Waals surface area (Å²) in [7, 11) is 0. The molecule has 2 aliphatic heterocycles. The van der Waals surface area contributed by atoms with Crippen LogP contribution >= 0.6 is 11.3 Å². The molecule has 0 radical (unpaired) electrons. The molecule has 2 aromatic rings. The standard InChI is InChI=1S/C28H36N6O6S/c1-5-14(2)21-28-31-19(13-41-28)24(37)29-12-20(36)32-22(15(3)35)25(38)30-18(11-17-9-7-6-8-10-17)27-34-23(16(4)40-27)26(39)33-21/h6-10,13-16,18,21-23,35H,5,11-12H2,1-4H3,(H,29,37)(H,30,38)(H,32,36)(H,33,39). The van der Waals surface area contributed by atoms with Crippen molar-refractivity contribution in [2.75, 3.05) is 6.54 Å². The third kappa shape index (κ3) is 7.27. The first-order chi connectivity index (χ1) is 19.6. The average molecular weight is 585 g/mol. The number of aliphatic imine (C=N–C) groups is 1. The lowest BCUT2D eigenvalue weighted by Crippen LogP contribution is -2.57. The van der Waals surface area contributed by atoms with E-state index in [0.717, 1.165) is 12.0 Å². The summed E-state index contributed by atoms with van der Waals surface area (Å²) in [5.74, 6) is -2.10. The van der Waals surface area contributed by atoms with Crippen LogP contribution < -0.4 is 21.3 Å². The molecular weight excluding hydrogens is 548 g/mol. The fraction of sp³-hybridized carbons (Fsp3) is 0.500. The fourth-order valence-corrected chi connectivity index (χ4v) is 5.60. The molecule has 2 aliphatic rings. The van der Waals surface area contributed by atoms with E-state index in [0.29, 0.717) is 11.4 Å². The second-order valence-corrected chi connectivity index (χ2v) is 11.3. The van der Waals surface area contributed by atoms with Crippen molar-refractivity contribution < 1.29 is 29.0 Å². The molecule has 1 aromatic heterocycles. The van der Waals surface area contributed by atoms with Crippen LogP contribution in [0.5, 0.6) is 0 Å². The molecule has 41 heavy (non-hydrogen) atoms. The van der Waals surface area contributed by atoms with Gasteiger partial charge in [0, 0.05) is 11.8 Å². The van der Waals surface area contributed by atoms with Crippen LogP contribution in [-0.2, 0) is 25.5 Å². The quantitative estimate of drug-likeness (QED) is 0.347. The number of carbonyl (C=O) groups is 4. The zero-order valence-corrected chi connectivity index (χ0v) is 24.2. The molecule has 5 N–H and O–H groups in total. The van der Waals surface area contributed by atoms with Gasteiger partial charge in [-0.05, 0) is 25.3 Å². The molecule has 0 saturated carbocycles. The molecule has 4 rings (SSSR count). The Morgan fingerprint density at radius 2 is 1.78 bits per heavy atom. The number of nitrogens with zero attached hydrogens (tertiary/aromatic N) is 2. The van der Waals surface area contributed by atoms with Crippen LogP contribution in [0.4, 0.5) is 0 Å². The normalized spacial score (nSPS) is 27.1. The molecule has 0 aliphatic carbocycles. The van der Waals surface area contributed by atoms with E-state index >= 15 is 0 Å². The van der Waals surface area contributed by atoms with E-state index in [9.17, 15) is 24.3 Å². The number of aliphatic hydroxyl groups excluding tert-OH is 1. The molecule has 7 atom stereocenters. The lowest BCUT2D eigenvalue weighted by molar-refractivity contribution is -0.131. The smallest absolute Gasteiger partial charge is 0.271 e. The van der Waals surface area contributed by atoms with Crippen LogP contribution in [0.25, 0.3) is 0 Å². The molecule has 0 saturated heterocycles. The zero-order valence-electron chi connectivity index (χ0n) is 23.4. The van der Waals surface area contributed by atoms with Gasteiger partial charge >= 0.3 is 0 Å². The van der Waals surface area contributed by atoms with Crippen molar-refractivity contribution in [1.29, 1.82) is 0 Å². The van der Waals surface area contributed by atoms with E-state index in [-0.39, 0.29) is 23.4 Å². The predicted molar refractivity (Wildman–Crippen MR) is 152 cm³/mol. The minimum atomic E-state index is -1.32. The minimum absolute atomic E-state index is 0.000912. The maximum atomic E-state index is 13.5. The summed E-state index contributed by atoms with van der Waals surface area (Å²) < 4.78 is 6.03. The molecule has 12 nitrogen and oxygen atoms in total. The van der Waals surface area contributed by atoms with Gasteiger partial charge in [-0.15, -0.1) is 11.3 Å². The number of benzene rings is 1. The van der Waals surface area contributed by atoms with Crippen molar-refractivity contribution in [2.45, 2.75) is 76.9 Å². The van der Waals surface area contributed by atoms with Crippen LogP contribution in [0.3, 0.4) is 0 Å². The number of nitrogens with one attached hydrogen (secondary N) is 4. The van der Waals surface area contributed by atoms with Crippen LogP contribution in [0.15, 0.2) is 40.7 Å². The van der Waals surface area contributed by atoms with Gasteiger partial charge in [-0.25, -0.2) is 9.98 Å². The summed E-state index contributed by atoms with van der Waals surface area (Å²) >= 11 is 1.24. The number of hydrogen-bond donors (Lipinski definition) is 5. The second kappa shape index (κ2) is 13.2. The SMILES string of the molecule is CCC(C)C1NC(=O)C2N=C(OC2C)C(Cc2ccccc2)NC(=O)C(C(C)O)NC(=O)CNC(=O)c2csc1n2.